The fourth-order valence-electron chi connectivity index (χ4n) is 2.02. The van der Waals surface area contributed by atoms with E-state index in [9.17, 15) is 4.79 Å². The zero-order valence-electron chi connectivity index (χ0n) is 15.1. The molecule has 1 N–H and O–H groups in total. The van der Waals surface area contributed by atoms with E-state index in [0.29, 0.717) is 22.4 Å². The molecule has 0 saturated carbocycles. The van der Waals surface area contributed by atoms with Crippen molar-refractivity contribution in [1.29, 1.82) is 0 Å². The second-order valence-electron chi connectivity index (χ2n) is 5.00. The number of thioether (sulfide) groups is 1. The molecule has 2 rings (SSSR count). The Morgan fingerprint density at radius 2 is 1.88 bits per heavy atom. The lowest BCUT2D eigenvalue weighted by atomic mass is 10.1. The number of nitrogens with one attached hydrogen (secondary N) is 1. The molecular weight excluding hydrogens is 374 g/mol. The molecule has 1 heterocycles. The van der Waals surface area contributed by atoms with Gasteiger partial charge in [0.2, 0.25) is 16.8 Å². The summed E-state index contributed by atoms with van der Waals surface area (Å²) < 4.78 is 16.7. The van der Waals surface area contributed by atoms with E-state index in [-0.39, 0.29) is 5.91 Å². The summed E-state index contributed by atoms with van der Waals surface area (Å²) >= 11 is 2.98. The molecule has 2 aromatic rings. The van der Waals surface area contributed by atoms with E-state index in [1.54, 1.807) is 51.3 Å². The number of ether oxygens (including phenoxy) is 3. The van der Waals surface area contributed by atoms with E-state index in [0.717, 1.165) is 22.1 Å². The zero-order valence-corrected chi connectivity index (χ0v) is 16.7. The predicted octanol–water partition coefficient (Wildman–Crippen LogP) is 3.72. The van der Waals surface area contributed by atoms with Crippen LogP contribution in [0.15, 0.2) is 22.5 Å². The van der Waals surface area contributed by atoms with Crippen LogP contribution in [0.4, 0.5) is 5.13 Å². The highest BCUT2D eigenvalue weighted by molar-refractivity contribution is 8.01. The third-order valence-electron chi connectivity index (χ3n) is 3.18. The average molecular weight is 396 g/mol. The Balaban J connectivity index is 2.06. The Labute approximate surface area is 160 Å². The Morgan fingerprint density at radius 1 is 1.19 bits per heavy atom. The molecular formula is C17H21N3O4S2. The topological polar surface area (TPSA) is 82.6 Å². The van der Waals surface area contributed by atoms with Crippen molar-refractivity contribution in [2.75, 3.05) is 32.4 Å². The third kappa shape index (κ3) is 5.37. The van der Waals surface area contributed by atoms with Crippen LogP contribution in [0, 0.1) is 0 Å². The Bertz CT molecular complexity index is 752. The molecule has 0 radical (unpaired) electrons. The molecule has 1 amide bonds. The number of aromatic nitrogens is 2. The fraction of sp³-hybridized carbons (Fsp3) is 0.353. The Hall–Kier alpha value is -2.26. The highest BCUT2D eigenvalue weighted by atomic mass is 32.2. The molecule has 0 bridgehead atoms. The molecule has 9 heteroatoms. The van der Waals surface area contributed by atoms with Crippen molar-refractivity contribution in [3.05, 3.63) is 23.8 Å². The van der Waals surface area contributed by atoms with E-state index >= 15 is 0 Å². The summed E-state index contributed by atoms with van der Waals surface area (Å²) in [6.45, 7) is 2.10. The summed E-state index contributed by atoms with van der Waals surface area (Å²) in [6.07, 6.45) is 4.14. The van der Waals surface area contributed by atoms with Gasteiger partial charge in [-0.3, -0.25) is 10.1 Å². The highest BCUT2D eigenvalue weighted by Crippen LogP contribution is 2.38. The molecule has 1 aromatic carbocycles. The maximum Gasteiger partial charge on any atom is 0.250 e. The summed E-state index contributed by atoms with van der Waals surface area (Å²) in [4.78, 5) is 12.1. The maximum atomic E-state index is 12.1. The van der Waals surface area contributed by atoms with Gasteiger partial charge >= 0.3 is 0 Å². The Kier molecular flexibility index (Phi) is 7.73. The fourth-order valence-corrected chi connectivity index (χ4v) is 3.70. The third-order valence-corrected chi connectivity index (χ3v) is 5.36. The largest absolute Gasteiger partial charge is 0.493 e. The molecule has 0 saturated heterocycles. The van der Waals surface area contributed by atoms with Crippen LogP contribution < -0.4 is 19.5 Å². The number of benzene rings is 1. The monoisotopic (exact) mass is 395 g/mol. The van der Waals surface area contributed by atoms with Crippen molar-refractivity contribution in [2.24, 2.45) is 0 Å². The lowest BCUT2D eigenvalue weighted by Gasteiger charge is -2.12. The summed E-state index contributed by atoms with van der Waals surface area (Å²) in [5.74, 6) is 2.23. The quantitative estimate of drug-likeness (QED) is 0.394. The minimum atomic E-state index is -0.290. The zero-order chi connectivity index (χ0) is 18.9. The normalized spacial score (nSPS) is 10.8. The number of carbonyl (C=O) groups is 1. The van der Waals surface area contributed by atoms with Gasteiger partial charge in [0.25, 0.3) is 0 Å². The lowest BCUT2D eigenvalue weighted by Crippen LogP contribution is -2.07. The van der Waals surface area contributed by atoms with Crippen LogP contribution in [0.25, 0.3) is 6.08 Å². The minimum Gasteiger partial charge on any atom is -0.493 e. The van der Waals surface area contributed by atoms with Gasteiger partial charge in [-0.2, -0.15) is 0 Å². The number of hydrogen-bond acceptors (Lipinski definition) is 8. The highest BCUT2D eigenvalue weighted by Gasteiger charge is 2.12. The average Bonchev–Trinajstić information content (AvgIpc) is 3.10. The number of amides is 1. The molecule has 0 aliphatic carbocycles. The van der Waals surface area contributed by atoms with Crippen LogP contribution in [-0.4, -0.2) is 43.2 Å². The SMILES string of the molecule is CCCSc1nnc(NC(=O)/C=C/c2cc(OC)c(OC)c(OC)c2)s1. The first-order chi connectivity index (χ1) is 12.6. The standard InChI is InChI=1S/C17H21N3O4S2/c1-5-8-25-17-20-19-16(26-17)18-14(21)7-6-11-9-12(22-2)15(24-4)13(10-11)23-3/h6-7,9-10H,5,8H2,1-4H3,(H,18,19,21)/b7-6+. The molecule has 140 valence electrons. The van der Waals surface area contributed by atoms with E-state index < -0.39 is 0 Å². The van der Waals surface area contributed by atoms with Crippen molar-refractivity contribution >= 4 is 40.2 Å². The van der Waals surface area contributed by atoms with Gasteiger partial charge in [-0.05, 0) is 30.2 Å². The summed E-state index contributed by atoms with van der Waals surface area (Å²) in [5, 5.41) is 11.2. The first kappa shape index (κ1) is 20.1. The summed E-state index contributed by atoms with van der Waals surface area (Å²) in [6, 6.07) is 3.52. The second kappa shape index (κ2) is 10.0. The smallest absolute Gasteiger partial charge is 0.250 e. The van der Waals surface area contributed by atoms with Gasteiger partial charge in [0, 0.05) is 11.8 Å². The van der Waals surface area contributed by atoms with Crippen LogP contribution in [0.2, 0.25) is 0 Å². The van der Waals surface area contributed by atoms with Gasteiger partial charge < -0.3 is 14.2 Å². The minimum absolute atomic E-state index is 0.290. The van der Waals surface area contributed by atoms with Crippen LogP contribution in [0.1, 0.15) is 18.9 Å². The summed E-state index contributed by atoms with van der Waals surface area (Å²) in [5.41, 5.74) is 0.742. The molecule has 0 unspecified atom stereocenters. The van der Waals surface area contributed by atoms with Gasteiger partial charge in [-0.25, -0.2) is 0 Å². The van der Waals surface area contributed by atoms with Crippen molar-refractivity contribution in [3.8, 4) is 17.2 Å². The van der Waals surface area contributed by atoms with Crippen molar-refractivity contribution < 1.29 is 19.0 Å². The molecule has 0 atom stereocenters. The molecule has 0 spiro atoms. The Morgan fingerprint density at radius 3 is 2.46 bits per heavy atom. The van der Waals surface area contributed by atoms with E-state index in [1.165, 1.54) is 17.4 Å². The first-order valence-electron chi connectivity index (χ1n) is 7.86. The van der Waals surface area contributed by atoms with Crippen molar-refractivity contribution in [2.45, 2.75) is 17.7 Å². The predicted molar refractivity (Wildman–Crippen MR) is 105 cm³/mol. The number of methoxy groups -OCH3 is 3. The number of rotatable bonds is 9. The maximum absolute atomic E-state index is 12.1. The molecule has 7 nitrogen and oxygen atoms in total. The van der Waals surface area contributed by atoms with Gasteiger partial charge in [0.15, 0.2) is 15.8 Å². The van der Waals surface area contributed by atoms with Crippen LogP contribution >= 0.6 is 23.1 Å². The van der Waals surface area contributed by atoms with Crippen molar-refractivity contribution in [1.82, 2.24) is 10.2 Å². The molecule has 0 fully saturated rings. The first-order valence-corrected chi connectivity index (χ1v) is 9.66. The van der Waals surface area contributed by atoms with Crippen LogP contribution in [0.5, 0.6) is 17.2 Å². The van der Waals surface area contributed by atoms with Crippen LogP contribution in [-0.2, 0) is 4.79 Å². The summed E-state index contributed by atoms with van der Waals surface area (Å²) in [7, 11) is 4.63. The molecule has 0 aliphatic heterocycles. The van der Waals surface area contributed by atoms with E-state index in [4.69, 9.17) is 14.2 Å². The van der Waals surface area contributed by atoms with E-state index in [1.807, 2.05) is 0 Å². The van der Waals surface area contributed by atoms with Crippen LogP contribution in [0.3, 0.4) is 0 Å². The molecule has 0 aliphatic rings. The van der Waals surface area contributed by atoms with Gasteiger partial charge in [-0.1, -0.05) is 30.0 Å². The lowest BCUT2D eigenvalue weighted by molar-refractivity contribution is -0.111. The molecule has 26 heavy (non-hydrogen) atoms. The van der Waals surface area contributed by atoms with E-state index in [2.05, 4.69) is 22.4 Å². The number of nitrogens with zero attached hydrogens (tertiary/aromatic N) is 2. The molecule has 1 aromatic heterocycles. The second-order valence-corrected chi connectivity index (χ2v) is 7.32. The van der Waals surface area contributed by atoms with Crippen molar-refractivity contribution in [3.63, 3.8) is 0 Å². The number of hydrogen-bond donors (Lipinski definition) is 1. The van der Waals surface area contributed by atoms with Gasteiger partial charge in [0.05, 0.1) is 21.3 Å². The van der Waals surface area contributed by atoms with Gasteiger partial charge in [0.1, 0.15) is 0 Å². The van der Waals surface area contributed by atoms with Gasteiger partial charge in [-0.15, -0.1) is 10.2 Å². The number of anilines is 1. The number of carbonyl (C=O) groups excluding carboxylic acids is 1.